The van der Waals surface area contributed by atoms with Gasteiger partial charge in [-0.2, -0.15) is 15.0 Å². The van der Waals surface area contributed by atoms with Crippen LogP contribution >= 0.6 is 0 Å². The van der Waals surface area contributed by atoms with Crippen molar-refractivity contribution in [3.63, 3.8) is 0 Å². The van der Waals surface area contributed by atoms with Gasteiger partial charge in [0.25, 0.3) is 5.92 Å². The number of anilines is 2. The molecular formula is C11H13F4N5. The number of hydrogen-bond acceptors (Lipinski definition) is 5. The van der Waals surface area contributed by atoms with Crippen LogP contribution in [-0.4, -0.2) is 32.8 Å². The van der Waals surface area contributed by atoms with Crippen molar-refractivity contribution in [2.45, 2.75) is 49.5 Å². The molecule has 0 spiro atoms. The van der Waals surface area contributed by atoms with Crippen molar-refractivity contribution in [3.8, 4) is 0 Å². The van der Waals surface area contributed by atoms with E-state index in [-0.39, 0.29) is 43.4 Å². The summed E-state index contributed by atoms with van der Waals surface area (Å²) in [6.07, 6.45) is -1.24. The van der Waals surface area contributed by atoms with Crippen LogP contribution in [0.25, 0.3) is 0 Å². The molecule has 2 saturated carbocycles. The maximum Gasteiger partial charge on any atom is 0.252 e. The molecule has 0 aliphatic heterocycles. The number of alkyl halides is 4. The van der Waals surface area contributed by atoms with Gasteiger partial charge in [-0.25, -0.2) is 17.6 Å². The van der Waals surface area contributed by atoms with E-state index in [0.717, 1.165) is 0 Å². The molecule has 9 heteroatoms. The molecule has 1 aromatic rings. The Bertz CT molecular complexity index is 520. The van der Waals surface area contributed by atoms with Gasteiger partial charge in [-0.15, -0.1) is 0 Å². The van der Waals surface area contributed by atoms with Gasteiger partial charge in [-0.05, 0) is 0 Å². The van der Waals surface area contributed by atoms with Crippen molar-refractivity contribution in [3.05, 3.63) is 5.82 Å². The van der Waals surface area contributed by atoms with Crippen LogP contribution in [0.5, 0.6) is 0 Å². The molecule has 2 aliphatic rings. The predicted molar refractivity (Wildman–Crippen MR) is 62.8 cm³/mol. The maximum absolute atomic E-state index is 12.8. The molecule has 0 saturated heterocycles. The van der Waals surface area contributed by atoms with Gasteiger partial charge in [-0.3, -0.25) is 0 Å². The molecule has 0 radical (unpaired) electrons. The second kappa shape index (κ2) is 4.16. The normalized spacial score (nSPS) is 24.8. The van der Waals surface area contributed by atoms with E-state index in [4.69, 9.17) is 5.73 Å². The summed E-state index contributed by atoms with van der Waals surface area (Å²) in [4.78, 5) is 11.6. The Balaban J connectivity index is 1.68. The molecule has 1 aromatic heterocycles. The number of nitrogens with zero attached hydrogens (tertiary/aromatic N) is 3. The summed E-state index contributed by atoms with van der Waals surface area (Å²) in [5.74, 6) is -5.64. The topological polar surface area (TPSA) is 76.7 Å². The van der Waals surface area contributed by atoms with E-state index < -0.39 is 23.8 Å². The standard InChI is InChI=1S/C11H13F4N5/c12-10(13)1-5(2-10)7-18-8(16)20-9(19-7)17-6-3-11(14,15)4-6/h5-6H,1-4H2,(H3,16,17,18,19,20). The number of rotatable bonds is 3. The largest absolute Gasteiger partial charge is 0.368 e. The minimum Gasteiger partial charge on any atom is -0.368 e. The van der Waals surface area contributed by atoms with Crippen LogP contribution in [0.1, 0.15) is 37.4 Å². The van der Waals surface area contributed by atoms with E-state index in [1.54, 1.807) is 0 Å². The molecule has 0 bridgehead atoms. The maximum atomic E-state index is 12.8. The average Bonchev–Trinajstić information content (AvgIpc) is 2.22. The Morgan fingerprint density at radius 3 is 2.10 bits per heavy atom. The van der Waals surface area contributed by atoms with Crippen LogP contribution in [0.3, 0.4) is 0 Å². The molecular weight excluding hydrogens is 278 g/mol. The first kappa shape index (κ1) is 13.3. The summed E-state index contributed by atoms with van der Waals surface area (Å²) in [6, 6.07) is -0.428. The van der Waals surface area contributed by atoms with Crippen molar-refractivity contribution in [1.29, 1.82) is 0 Å². The van der Waals surface area contributed by atoms with E-state index in [9.17, 15) is 17.6 Å². The molecule has 3 rings (SSSR count). The van der Waals surface area contributed by atoms with Crippen molar-refractivity contribution < 1.29 is 17.6 Å². The number of aromatic nitrogens is 3. The first-order chi connectivity index (χ1) is 9.22. The zero-order chi connectivity index (χ0) is 14.5. The van der Waals surface area contributed by atoms with E-state index in [0.29, 0.717) is 0 Å². The Hall–Kier alpha value is -1.67. The lowest BCUT2D eigenvalue weighted by molar-refractivity contribution is -0.0887. The first-order valence-electron chi connectivity index (χ1n) is 6.26. The van der Waals surface area contributed by atoms with Crippen LogP contribution in [0.4, 0.5) is 29.5 Å². The van der Waals surface area contributed by atoms with E-state index in [1.165, 1.54) is 0 Å². The van der Waals surface area contributed by atoms with Crippen molar-refractivity contribution in [1.82, 2.24) is 15.0 Å². The van der Waals surface area contributed by atoms with Crippen LogP contribution in [0, 0.1) is 0 Å². The minimum absolute atomic E-state index is 0.0724. The third-order valence-corrected chi connectivity index (χ3v) is 3.55. The van der Waals surface area contributed by atoms with Gasteiger partial charge in [0.1, 0.15) is 5.82 Å². The highest BCUT2D eigenvalue weighted by molar-refractivity contribution is 5.34. The Kier molecular flexibility index (Phi) is 2.77. The molecule has 0 aromatic carbocycles. The number of nitrogens with two attached hydrogens (primary N) is 1. The van der Waals surface area contributed by atoms with Gasteiger partial charge in [-0.1, -0.05) is 0 Å². The number of nitrogens with one attached hydrogen (secondary N) is 1. The fourth-order valence-electron chi connectivity index (χ4n) is 2.45. The van der Waals surface area contributed by atoms with Crippen molar-refractivity contribution in [2.75, 3.05) is 11.1 Å². The lowest BCUT2D eigenvalue weighted by atomic mass is 9.81. The fraction of sp³-hybridized carbons (Fsp3) is 0.727. The van der Waals surface area contributed by atoms with Gasteiger partial charge in [0.15, 0.2) is 0 Å². The fourth-order valence-corrected chi connectivity index (χ4v) is 2.45. The van der Waals surface area contributed by atoms with E-state index in [2.05, 4.69) is 20.3 Å². The summed E-state index contributed by atoms with van der Waals surface area (Å²) < 4.78 is 51.1. The number of hydrogen-bond donors (Lipinski definition) is 2. The average molecular weight is 291 g/mol. The van der Waals surface area contributed by atoms with Gasteiger partial charge in [0, 0.05) is 37.6 Å². The highest BCUT2D eigenvalue weighted by Gasteiger charge is 2.48. The number of nitrogen functional groups attached to an aromatic ring is 1. The van der Waals surface area contributed by atoms with Gasteiger partial charge < -0.3 is 11.1 Å². The van der Waals surface area contributed by atoms with Crippen LogP contribution in [0.15, 0.2) is 0 Å². The predicted octanol–water partition coefficient (Wildman–Crippen LogP) is 2.18. The van der Waals surface area contributed by atoms with Crippen LogP contribution in [-0.2, 0) is 0 Å². The third-order valence-electron chi connectivity index (χ3n) is 3.55. The second-order valence-corrected chi connectivity index (χ2v) is 5.44. The van der Waals surface area contributed by atoms with Crippen LogP contribution in [0.2, 0.25) is 0 Å². The molecule has 0 amide bonds. The SMILES string of the molecule is Nc1nc(NC2CC(F)(F)C2)nc(C2CC(F)(F)C2)n1. The molecule has 20 heavy (non-hydrogen) atoms. The summed E-state index contributed by atoms with van der Waals surface area (Å²) in [5.41, 5.74) is 5.49. The molecule has 5 nitrogen and oxygen atoms in total. The summed E-state index contributed by atoms with van der Waals surface area (Å²) in [5, 5.41) is 2.73. The molecule has 0 unspecified atom stereocenters. The lowest BCUT2D eigenvalue weighted by Gasteiger charge is -2.36. The molecule has 2 fully saturated rings. The second-order valence-electron chi connectivity index (χ2n) is 5.44. The van der Waals surface area contributed by atoms with Gasteiger partial charge in [0.2, 0.25) is 17.8 Å². The monoisotopic (exact) mass is 291 g/mol. The summed E-state index contributed by atoms with van der Waals surface area (Å²) in [6.45, 7) is 0. The Labute approximate surface area is 112 Å². The van der Waals surface area contributed by atoms with Crippen molar-refractivity contribution >= 4 is 11.9 Å². The summed E-state index contributed by atoms with van der Waals surface area (Å²) >= 11 is 0. The molecule has 3 N–H and O–H groups in total. The molecule has 1 heterocycles. The quantitative estimate of drug-likeness (QED) is 0.835. The number of halogens is 4. The van der Waals surface area contributed by atoms with E-state index in [1.807, 2.05) is 0 Å². The third kappa shape index (κ3) is 2.61. The highest BCUT2D eigenvalue weighted by Crippen LogP contribution is 2.47. The molecule has 110 valence electrons. The Morgan fingerprint density at radius 2 is 1.55 bits per heavy atom. The van der Waals surface area contributed by atoms with Crippen LogP contribution < -0.4 is 11.1 Å². The molecule has 2 aliphatic carbocycles. The lowest BCUT2D eigenvalue weighted by Crippen LogP contribution is -2.44. The van der Waals surface area contributed by atoms with Gasteiger partial charge in [0.05, 0.1) is 0 Å². The first-order valence-corrected chi connectivity index (χ1v) is 6.26. The summed E-state index contributed by atoms with van der Waals surface area (Å²) in [7, 11) is 0. The van der Waals surface area contributed by atoms with Gasteiger partial charge >= 0.3 is 0 Å². The van der Waals surface area contributed by atoms with E-state index >= 15 is 0 Å². The highest BCUT2D eigenvalue weighted by atomic mass is 19.3. The Morgan fingerprint density at radius 1 is 0.950 bits per heavy atom. The minimum atomic E-state index is -2.68. The zero-order valence-electron chi connectivity index (χ0n) is 10.4. The zero-order valence-corrected chi connectivity index (χ0v) is 10.4. The molecule has 0 atom stereocenters. The smallest absolute Gasteiger partial charge is 0.252 e. The van der Waals surface area contributed by atoms with Crippen molar-refractivity contribution in [2.24, 2.45) is 0 Å².